The molecule has 2 aromatic carbocycles. The van der Waals surface area contributed by atoms with Crippen molar-refractivity contribution < 1.29 is 14.7 Å². The Morgan fingerprint density at radius 2 is 1.87 bits per heavy atom. The van der Waals surface area contributed by atoms with Crippen LogP contribution in [0.25, 0.3) is 10.9 Å². The monoisotopic (exact) mass is 509 g/mol. The third-order valence-corrected chi connectivity index (χ3v) is 5.98. The van der Waals surface area contributed by atoms with Gasteiger partial charge in [-0.1, -0.05) is 12.1 Å². The van der Waals surface area contributed by atoms with E-state index >= 15 is 0 Å². The van der Waals surface area contributed by atoms with Crippen LogP contribution in [0.1, 0.15) is 58.4 Å². The van der Waals surface area contributed by atoms with Crippen LogP contribution in [0.4, 0.5) is 11.5 Å². The van der Waals surface area contributed by atoms with E-state index in [-0.39, 0.29) is 23.1 Å². The Labute approximate surface area is 218 Å². The molecule has 0 aliphatic rings. The van der Waals surface area contributed by atoms with E-state index in [1.807, 2.05) is 27.7 Å². The van der Waals surface area contributed by atoms with Crippen molar-refractivity contribution in [2.75, 3.05) is 5.32 Å². The third-order valence-electron chi connectivity index (χ3n) is 5.98. The number of fused-ring (bicyclic) bond motifs is 1. The summed E-state index contributed by atoms with van der Waals surface area (Å²) in [5, 5.41) is 25.0. The molecule has 0 atom stereocenters. The third kappa shape index (κ3) is 4.83. The largest absolute Gasteiger partial charge is 0.494 e. The van der Waals surface area contributed by atoms with Crippen molar-refractivity contribution in [3.8, 4) is 5.88 Å². The summed E-state index contributed by atoms with van der Waals surface area (Å²) in [6.07, 6.45) is 3.09. The van der Waals surface area contributed by atoms with Crippen LogP contribution in [0.15, 0.2) is 65.8 Å². The molecule has 3 heterocycles. The predicted molar refractivity (Wildman–Crippen MR) is 146 cm³/mol. The van der Waals surface area contributed by atoms with E-state index in [9.17, 15) is 14.7 Å². The predicted octanol–water partition coefficient (Wildman–Crippen LogP) is 5.09. The first kappa shape index (κ1) is 24.7. The number of carbonyl (C=O) groups excluding carboxylic acids is 2. The van der Waals surface area contributed by atoms with E-state index < -0.39 is 0 Å². The van der Waals surface area contributed by atoms with Crippen LogP contribution < -0.4 is 5.32 Å². The second-order valence-electron chi connectivity index (χ2n) is 9.97. The minimum atomic E-state index is -0.369. The lowest BCUT2D eigenvalue weighted by molar-refractivity contribution is 0.100. The van der Waals surface area contributed by atoms with Gasteiger partial charge in [-0.25, -0.2) is 4.99 Å². The van der Waals surface area contributed by atoms with Crippen LogP contribution >= 0.6 is 0 Å². The molecule has 10 nitrogen and oxygen atoms in total. The Balaban J connectivity index is 1.42. The molecule has 0 fully saturated rings. The Bertz CT molecular complexity index is 1690. The number of hydrogen-bond acceptors (Lipinski definition) is 6. The zero-order chi connectivity index (χ0) is 27.0. The van der Waals surface area contributed by atoms with Gasteiger partial charge in [0, 0.05) is 40.0 Å². The zero-order valence-corrected chi connectivity index (χ0v) is 21.4. The van der Waals surface area contributed by atoms with E-state index in [1.54, 1.807) is 65.5 Å². The summed E-state index contributed by atoms with van der Waals surface area (Å²) in [5.74, 6) is -0.0564. The molecule has 5 rings (SSSR count). The summed E-state index contributed by atoms with van der Waals surface area (Å²) in [5.41, 5.74) is 3.27. The second kappa shape index (κ2) is 9.47. The minimum Gasteiger partial charge on any atom is -0.494 e. The Morgan fingerprint density at radius 1 is 1.08 bits per heavy atom. The van der Waals surface area contributed by atoms with Gasteiger partial charge in [0.2, 0.25) is 0 Å². The van der Waals surface area contributed by atoms with Crippen LogP contribution in [-0.4, -0.2) is 48.0 Å². The molecule has 192 valence electrons. The Hall–Kier alpha value is -4.99. The number of anilines is 1. The SMILES string of the molecule is Cc1cc(C(=O)Nc2cccc(C(=O)c3ccc4[nH]c(O)c(C=Nc5ccn[nH]5)c4c3)c2)n(C(C)(C)C)n1. The highest BCUT2D eigenvalue weighted by atomic mass is 16.3. The number of aromatic amines is 2. The van der Waals surface area contributed by atoms with Gasteiger partial charge in [-0.05, 0) is 64.1 Å². The molecule has 0 unspecified atom stereocenters. The van der Waals surface area contributed by atoms with E-state index in [4.69, 9.17) is 0 Å². The molecule has 0 aliphatic carbocycles. The number of aryl methyl sites for hydroxylation is 1. The molecule has 1 amide bonds. The van der Waals surface area contributed by atoms with Crippen molar-refractivity contribution in [1.29, 1.82) is 0 Å². The minimum absolute atomic E-state index is 0.0534. The second-order valence-corrected chi connectivity index (χ2v) is 9.97. The number of hydrogen-bond donors (Lipinski definition) is 4. The lowest BCUT2D eigenvalue weighted by atomic mass is 10.0. The first-order chi connectivity index (χ1) is 18.1. The summed E-state index contributed by atoms with van der Waals surface area (Å²) in [7, 11) is 0. The van der Waals surface area contributed by atoms with Gasteiger partial charge in [-0.2, -0.15) is 10.2 Å². The summed E-state index contributed by atoms with van der Waals surface area (Å²) in [4.78, 5) is 33.7. The molecule has 5 aromatic rings. The first-order valence-corrected chi connectivity index (χ1v) is 12.0. The van der Waals surface area contributed by atoms with Gasteiger partial charge < -0.3 is 15.4 Å². The van der Waals surface area contributed by atoms with Crippen LogP contribution in [0, 0.1) is 6.92 Å². The summed E-state index contributed by atoms with van der Waals surface area (Å²) in [6, 6.07) is 15.4. The maximum absolute atomic E-state index is 13.4. The average molecular weight is 510 g/mol. The molecule has 38 heavy (non-hydrogen) atoms. The van der Waals surface area contributed by atoms with E-state index in [0.717, 1.165) is 5.69 Å². The van der Waals surface area contributed by atoms with E-state index in [0.29, 0.717) is 44.8 Å². The summed E-state index contributed by atoms with van der Waals surface area (Å²) >= 11 is 0. The number of aliphatic imine (C=N–C) groups is 1. The average Bonchev–Trinajstić information content (AvgIpc) is 3.60. The zero-order valence-electron chi connectivity index (χ0n) is 21.4. The molecule has 0 saturated carbocycles. The summed E-state index contributed by atoms with van der Waals surface area (Å²) < 4.78 is 1.70. The molecule has 0 radical (unpaired) electrons. The van der Waals surface area contributed by atoms with Crippen molar-refractivity contribution in [2.45, 2.75) is 33.2 Å². The normalized spacial score (nSPS) is 11.9. The number of nitrogens with one attached hydrogen (secondary N) is 3. The molecule has 10 heteroatoms. The molecule has 4 N–H and O–H groups in total. The van der Waals surface area contributed by atoms with Crippen LogP contribution in [0.5, 0.6) is 5.88 Å². The molecule has 0 spiro atoms. The maximum atomic E-state index is 13.4. The maximum Gasteiger partial charge on any atom is 0.273 e. The Kier molecular flexibility index (Phi) is 6.15. The molecule has 3 aromatic heterocycles. The molecular formula is C28H27N7O3. The van der Waals surface area contributed by atoms with Gasteiger partial charge in [-0.3, -0.25) is 19.4 Å². The van der Waals surface area contributed by atoms with Gasteiger partial charge in [0.1, 0.15) is 11.5 Å². The quantitative estimate of drug-likeness (QED) is 0.186. The van der Waals surface area contributed by atoms with Crippen LogP contribution in [0.2, 0.25) is 0 Å². The highest BCUT2D eigenvalue weighted by Gasteiger charge is 2.23. The van der Waals surface area contributed by atoms with Crippen molar-refractivity contribution in [2.24, 2.45) is 4.99 Å². The highest BCUT2D eigenvalue weighted by Crippen LogP contribution is 2.28. The summed E-state index contributed by atoms with van der Waals surface area (Å²) in [6.45, 7) is 7.77. The number of amides is 1. The standard InChI is InChI=1S/C28H27N7O3/c1-16-12-23(35(34-16)28(2,3)4)27(38)31-19-7-5-6-17(13-19)25(36)18-8-9-22-20(14-18)21(26(37)32-22)15-29-24-10-11-30-33-24/h5-15,32,37H,1-4H3,(H,30,33)(H,31,38). The molecule has 0 aliphatic heterocycles. The van der Waals surface area contributed by atoms with E-state index in [2.05, 4.69) is 30.6 Å². The highest BCUT2D eigenvalue weighted by molar-refractivity contribution is 6.13. The van der Waals surface area contributed by atoms with Gasteiger partial charge >= 0.3 is 0 Å². The number of nitrogens with zero attached hydrogens (tertiary/aromatic N) is 4. The van der Waals surface area contributed by atoms with E-state index in [1.165, 1.54) is 6.21 Å². The lowest BCUT2D eigenvalue weighted by Crippen LogP contribution is -2.29. The van der Waals surface area contributed by atoms with Crippen molar-refractivity contribution in [3.63, 3.8) is 0 Å². The van der Waals surface area contributed by atoms with Crippen molar-refractivity contribution in [1.82, 2.24) is 25.0 Å². The molecular weight excluding hydrogens is 482 g/mol. The number of benzene rings is 2. The topological polar surface area (TPSA) is 141 Å². The van der Waals surface area contributed by atoms with Crippen LogP contribution in [-0.2, 0) is 5.54 Å². The van der Waals surface area contributed by atoms with Crippen molar-refractivity contribution in [3.05, 3.63) is 88.9 Å². The fourth-order valence-corrected chi connectivity index (χ4v) is 4.20. The number of carbonyl (C=O) groups is 2. The first-order valence-electron chi connectivity index (χ1n) is 12.0. The molecule has 0 bridgehead atoms. The number of aromatic nitrogens is 5. The number of aromatic hydroxyl groups is 1. The Morgan fingerprint density at radius 3 is 2.61 bits per heavy atom. The fraction of sp³-hybridized carbons (Fsp3) is 0.179. The molecule has 0 saturated heterocycles. The number of H-pyrrole nitrogens is 2. The fourth-order valence-electron chi connectivity index (χ4n) is 4.20. The number of ketones is 1. The van der Waals surface area contributed by atoms with Gasteiger partial charge in [0.05, 0.1) is 23.0 Å². The smallest absolute Gasteiger partial charge is 0.273 e. The van der Waals surface area contributed by atoms with Gasteiger partial charge in [0.15, 0.2) is 11.7 Å². The van der Waals surface area contributed by atoms with Gasteiger partial charge in [-0.15, -0.1) is 0 Å². The van der Waals surface area contributed by atoms with Crippen molar-refractivity contribution >= 4 is 40.3 Å². The van der Waals surface area contributed by atoms with Crippen LogP contribution in [0.3, 0.4) is 0 Å². The number of rotatable bonds is 6. The van der Waals surface area contributed by atoms with Gasteiger partial charge in [0.25, 0.3) is 5.91 Å². The lowest BCUT2D eigenvalue weighted by Gasteiger charge is -2.22.